The standard InChI is InChI=1S/C24H28F3N5O2/c1-3-32-21(7-9-29-32)22(33)31-14-18-13-30(10-8-23(18,15-31)16-34-4-2)19-6-5-17(12-28)20(11-19)24(25,26)27/h5-7,9,11,18H,3-4,8,10,13-16H2,1-2H3/t18-,23+/m1/s1. The molecule has 2 aromatic rings. The third-order valence-electron chi connectivity index (χ3n) is 7.04. The van der Waals surface area contributed by atoms with E-state index >= 15 is 0 Å². The molecule has 2 saturated heterocycles. The fraction of sp³-hybridized carbons (Fsp3) is 0.542. The number of likely N-dealkylation sites (tertiary alicyclic amines) is 1. The minimum absolute atomic E-state index is 0.0414. The van der Waals surface area contributed by atoms with Crippen LogP contribution in [0.2, 0.25) is 0 Å². The molecule has 0 spiro atoms. The quantitative estimate of drug-likeness (QED) is 0.636. The van der Waals surface area contributed by atoms with Gasteiger partial charge in [0.1, 0.15) is 5.69 Å². The van der Waals surface area contributed by atoms with Crippen LogP contribution in [0.3, 0.4) is 0 Å². The van der Waals surface area contributed by atoms with Gasteiger partial charge in [-0.1, -0.05) is 0 Å². The first-order valence-electron chi connectivity index (χ1n) is 11.5. The molecule has 2 aliphatic rings. The van der Waals surface area contributed by atoms with E-state index in [0.29, 0.717) is 63.7 Å². The second kappa shape index (κ2) is 9.29. The second-order valence-electron chi connectivity index (χ2n) is 8.95. The van der Waals surface area contributed by atoms with Crippen LogP contribution in [0.25, 0.3) is 0 Å². The maximum absolute atomic E-state index is 13.5. The second-order valence-corrected chi connectivity index (χ2v) is 8.95. The van der Waals surface area contributed by atoms with Crippen molar-refractivity contribution in [2.45, 2.75) is 33.0 Å². The minimum atomic E-state index is -4.60. The summed E-state index contributed by atoms with van der Waals surface area (Å²) in [6, 6.07) is 7.21. The van der Waals surface area contributed by atoms with Crippen LogP contribution in [-0.4, -0.2) is 60.0 Å². The molecule has 0 N–H and O–H groups in total. The van der Waals surface area contributed by atoms with E-state index in [2.05, 4.69) is 5.10 Å². The van der Waals surface area contributed by atoms with Gasteiger partial charge in [-0.2, -0.15) is 23.5 Å². The molecule has 1 aromatic heterocycles. The molecule has 34 heavy (non-hydrogen) atoms. The largest absolute Gasteiger partial charge is 0.417 e. The molecule has 0 bridgehead atoms. The number of alkyl halides is 3. The molecule has 4 rings (SSSR count). The van der Waals surface area contributed by atoms with Crippen LogP contribution in [0.15, 0.2) is 30.5 Å². The number of aryl methyl sites for hydroxylation is 1. The average Bonchev–Trinajstić information content (AvgIpc) is 3.45. The van der Waals surface area contributed by atoms with Crippen molar-refractivity contribution in [3.8, 4) is 6.07 Å². The fourth-order valence-corrected chi connectivity index (χ4v) is 5.20. The highest BCUT2D eigenvalue weighted by Gasteiger charge is 2.51. The molecule has 182 valence electrons. The zero-order valence-electron chi connectivity index (χ0n) is 19.3. The normalized spacial score (nSPS) is 22.5. The van der Waals surface area contributed by atoms with Crippen molar-refractivity contribution in [1.29, 1.82) is 5.26 Å². The number of amides is 1. The van der Waals surface area contributed by atoms with E-state index in [1.165, 1.54) is 6.07 Å². The van der Waals surface area contributed by atoms with Gasteiger partial charge in [0.15, 0.2) is 0 Å². The van der Waals surface area contributed by atoms with Gasteiger partial charge in [0.05, 0.1) is 23.8 Å². The fourth-order valence-electron chi connectivity index (χ4n) is 5.20. The Hall–Kier alpha value is -3.06. The van der Waals surface area contributed by atoms with Gasteiger partial charge in [0, 0.05) is 62.5 Å². The first-order chi connectivity index (χ1) is 16.2. The lowest BCUT2D eigenvalue weighted by atomic mass is 9.73. The van der Waals surface area contributed by atoms with Gasteiger partial charge in [0.25, 0.3) is 5.91 Å². The van der Waals surface area contributed by atoms with Gasteiger partial charge in [-0.25, -0.2) is 0 Å². The summed E-state index contributed by atoms with van der Waals surface area (Å²) in [4.78, 5) is 17.0. The lowest BCUT2D eigenvalue weighted by molar-refractivity contribution is -0.137. The average molecular weight is 476 g/mol. The van der Waals surface area contributed by atoms with E-state index in [-0.39, 0.29) is 22.8 Å². The highest BCUT2D eigenvalue weighted by molar-refractivity contribution is 5.92. The Morgan fingerprint density at radius 1 is 1.29 bits per heavy atom. The topological polar surface area (TPSA) is 74.4 Å². The van der Waals surface area contributed by atoms with Crippen molar-refractivity contribution in [2.75, 3.05) is 44.3 Å². The smallest absolute Gasteiger partial charge is 0.381 e. The minimum Gasteiger partial charge on any atom is -0.381 e. The van der Waals surface area contributed by atoms with Crippen LogP contribution in [0.4, 0.5) is 18.9 Å². The highest BCUT2D eigenvalue weighted by Crippen LogP contribution is 2.45. The van der Waals surface area contributed by atoms with Crippen LogP contribution < -0.4 is 4.90 Å². The van der Waals surface area contributed by atoms with E-state index in [1.54, 1.807) is 29.1 Å². The van der Waals surface area contributed by atoms with Gasteiger partial charge in [-0.15, -0.1) is 0 Å². The molecule has 2 aliphatic heterocycles. The Kier molecular flexibility index (Phi) is 6.58. The third-order valence-corrected chi connectivity index (χ3v) is 7.04. The number of nitrogens with zero attached hydrogens (tertiary/aromatic N) is 5. The Morgan fingerprint density at radius 2 is 2.09 bits per heavy atom. The molecule has 0 unspecified atom stereocenters. The summed E-state index contributed by atoms with van der Waals surface area (Å²) in [5.41, 5.74) is -0.589. The Bertz CT molecular complexity index is 1090. The molecule has 2 atom stereocenters. The van der Waals surface area contributed by atoms with Crippen molar-refractivity contribution in [3.63, 3.8) is 0 Å². The van der Waals surface area contributed by atoms with Crippen molar-refractivity contribution < 1.29 is 22.7 Å². The van der Waals surface area contributed by atoms with Crippen LogP contribution in [0.1, 0.15) is 41.9 Å². The lowest BCUT2D eigenvalue weighted by Crippen LogP contribution is -2.49. The summed E-state index contributed by atoms with van der Waals surface area (Å²) >= 11 is 0. The molecule has 0 aliphatic carbocycles. The zero-order valence-corrected chi connectivity index (χ0v) is 19.3. The summed E-state index contributed by atoms with van der Waals surface area (Å²) in [6.07, 6.45) is -2.30. The Balaban J connectivity index is 1.59. The molecule has 0 radical (unpaired) electrons. The first-order valence-corrected chi connectivity index (χ1v) is 11.5. The maximum Gasteiger partial charge on any atom is 0.417 e. The number of benzene rings is 1. The number of anilines is 1. The molecule has 2 fully saturated rings. The van der Waals surface area contributed by atoms with Crippen LogP contribution in [-0.2, 0) is 17.5 Å². The number of ether oxygens (including phenoxy) is 1. The predicted octanol–water partition coefficient (Wildman–Crippen LogP) is 3.80. The molecule has 10 heteroatoms. The summed E-state index contributed by atoms with van der Waals surface area (Å²) in [5, 5.41) is 13.3. The molecule has 1 aromatic carbocycles. The van der Waals surface area contributed by atoms with Gasteiger partial charge >= 0.3 is 6.18 Å². The van der Waals surface area contributed by atoms with Gasteiger partial charge < -0.3 is 14.5 Å². The zero-order chi connectivity index (χ0) is 24.5. The highest BCUT2D eigenvalue weighted by atomic mass is 19.4. The molecule has 1 amide bonds. The third kappa shape index (κ3) is 4.37. The number of rotatable bonds is 6. The van der Waals surface area contributed by atoms with Gasteiger partial charge in [-0.3, -0.25) is 9.48 Å². The van der Waals surface area contributed by atoms with Crippen molar-refractivity contribution in [1.82, 2.24) is 14.7 Å². The van der Waals surface area contributed by atoms with Gasteiger partial charge in [0.2, 0.25) is 0 Å². The number of aromatic nitrogens is 2. The Labute approximate surface area is 196 Å². The first kappa shape index (κ1) is 24.1. The summed E-state index contributed by atoms with van der Waals surface area (Å²) in [6.45, 7) is 7.58. The summed E-state index contributed by atoms with van der Waals surface area (Å²) in [7, 11) is 0. The number of nitriles is 1. The number of carbonyl (C=O) groups is 1. The molecule has 3 heterocycles. The van der Waals surface area contributed by atoms with Crippen molar-refractivity contribution >= 4 is 11.6 Å². The lowest BCUT2D eigenvalue weighted by Gasteiger charge is -2.44. The van der Waals surface area contributed by atoms with E-state index in [9.17, 15) is 18.0 Å². The predicted molar refractivity (Wildman–Crippen MR) is 119 cm³/mol. The monoisotopic (exact) mass is 475 g/mol. The van der Waals surface area contributed by atoms with E-state index in [1.807, 2.05) is 23.6 Å². The van der Waals surface area contributed by atoms with E-state index in [0.717, 1.165) is 6.07 Å². The number of halogens is 3. The van der Waals surface area contributed by atoms with Crippen LogP contribution >= 0.6 is 0 Å². The Morgan fingerprint density at radius 3 is 2.76 bits per heavy atom. The number of carbonyl (C=O) groups excluding carboxylic acids is 1. The van der Waals surface area contributed by atoms with E-state index < -0.39 is 11.7 Å². The summed E-state index contributed by atoms with van der Waals surface area (Å²) < 4.78 is 48.0. The molecular formula is C24H28F3N5O2. The van der Waals surface area contributed by atoms with Crippen LogP contribution in [0.5, 0.6) is 0 Å². The van der Waals surface area contributed by atoms with Crippen molar-refractivity contribution in [3.05, 3.63) is 47.3 Å². The van der Waals surface area contributed by atoms with Crippen molar-refractivity contribution in [2.24, 2.45) is 11.3 Å². The SMILES string of the molecule is CCOC[C@@]12CCN(c3ccc(C#N)c(C(F)(F)F)c3)C[C@@H]1CN(C(=O)c1ccnn1CC)C2. The molecule has 7 nitrogen and oxygen atoms in total. The number of hydrogen-bond acceptors (Lipinski definition) is 5. The number of hydrogen-bond donors (Lipinski definition) is 0. The number of piperidine rings is 1. The molecule has 0 saturated carbocycles. The number of fused-ring (bicyclic) bond motifs is 1. The van der Waals surface area contributed by atoms with E-state index in [4.69, 9.17) is 10.00 Å². The maximum atomic E-state index is 13.5. The van der Waals surface area contributed by atoms with Crippen LogP contribution in [0, 0.1) is 22.7 Å². The van der Waals surface area contributed by atoms with Gasteiger partial charge in [-0.05, 0) is 44.5 Å². The summed E-state index contributed by atoms with van der Waals surface area (Å²) in [5.74, 6) is -0.0476. The molecular weight excluding hydrogens is 447 g/mol.